The summed E-state index contributed by atoms with van der Waals surface area (Å²) in [4.78, 5) is 24.3. The summed E-state index contributed by atoms with van der Waals surface area (Å²) in [7, 11) is 0. The Morgan fingerprint density at radius 3 is 2.67 bits per heavy atom. The average Bonchev–Trinajstić information content (AvgIpc) is 3.10. The normalized spacial score (nSPS) is 13.6. The second kappa shape index (κ2) is 8.25. The third-order valence-electron chi connectivity index (χ3n) is 4.76. The van der Waals surface area contributed by atoms with Gasteiger partial charge < -0.3 is 14.8 Å². The molecular formula is C22H25NO4. The Kier molecular flexibility index (Phi) is 5.79. The number of hydrogen-bond donors (Lipinski definition) is 1. The van der Waals surface area contributed by atoms with Gasteiger partial charge in [0.25, 0.3) is 5.91 Å². The van der Waals surface area contributed by atoms with Crippen LogP contribution in [0.3, 0.4) is 0 Å². The van der Waals surface area contributed by atoms with Crippen LogP contribution in [-0.4, -0.2) is 24.6 Å². The Labute approximate surface area is 159 Å². The molecule has 1 aliphatic carbocycles. The topological polar surface area (TPSA) is 64.6 Å². The van der Waals surface area contributed by atoms with Crippen LogP contribution in [-0.2, 0) is 27.2 Å². The van der Waals surface area contributed by atoms with E-state index < -0.39 is 12.1 Å². The van der Waals surface area contributed by atoms with Gasteiger partial charge >= 0.3 is 5.97 Å². The van der Waals surface area contributed by atoms with E-state index in [0.29, 0.717) is 5.75 Å². The maximum absolute atomic E-state index is 12.3. The van der Waals surface area contributed by atoms with Gasteiger partial charge in [-0.2, -0.15) is 0 Å². The zero-order valence-electron chi connectivity index (χ0n) is 16.0. The molecule has 1 atom stereocenters. The second-order valence-corrected chi connectivity index (χ2v) is 7.01. The molecule has 0 fully saturated rings. The van der Waals surface area contributed by atoms with Crippen molar-refractivity contribution in [2.45, 2.75) is 46.1 Å². The molecule has 0 bridgehead atoms. The summed E-state index contributed by atoms with van der Waals surface area (Å²) in [5.41, 5.74) is 5.34. The van der Waals surface area contributed by atoms with Crippen LogP contribution < -0.4 is 10.1 Å². The van der Waals surface area contributed by atoms with E-state index in [2.05, 4.69) is 5.32 Å². The van der Waals surface area contributed by atoms with Gasteiger partial charge in [-0.15, -0.1) is 0 Å². The van der Waals surface area contributed by atoms with E-state index in [1.807, 2.05) is 50.2 Å². The number of ether oxygens (including phenoxy) is 2. The molecule has 0 aromatic heterocycles. The Balaban J connectivity index is 1.49. The Hall–Kier alpha value is -2.82. The van der Waals surface area contributed by atoms with Crippen molar-refractivity contribution in [3.8, 4) is 5.75 Å². The highest BCUT2D eigenvalue weighted by atomic mass is 16.6. The maximum Gasteiger partial charge on any atom is 0.344 e. The first-order valence-corrected chi connectivity index (χ1v) is 9.24. The monoisotopic (exact) mass is 367 g/mol. The zero-order chi connectivity index (χ0) is 19.4. The molecular weight excluding hydrogens is 342 g/mol. The molecule has 0 radical (unpaired) electrons. The van der Waals surface area contributed by atoms with Crippen molar-refractivity contribution in [2.75, 3.05) is 11.9 Å². The lowest BCUT2D eigenvalue weighted by atomic mass is 10.1. The lowest BCUT2D eigenvalue weighted by Crippen LogP contribution is -2.31. The summed E-state index contributed by atoms with van der Waals surface area (Å²) in [5.74, 6) is -0.284. The van der Waals surface area contributed by atoms with E-state index in [1.54, 1.807) is 6.92 Å². The number of hydrogen-bond acceptors (Lipinski definition) is 4. The van der Waals surface area contributed by atoms with Crippen molar-refractivity contribution in [1.82, 2.24) is 0 Å². The molecule has 0 unspecified atom stereocenters. The van der Waals surface area contributed by atoms with E-state index in [1.165, 1.54) is 11.1 Å². The number of carbonyl (C=O) groups excluding carboxylic acids is 2. The van der Waals surface area contributed by atoms with Gasteiger partial charge in [0.1, 0.15) is 5.75 Å². The van der Waals surface area contributed by atoms with Crippen molar-refractivity contribution >= 4 is 17.6 Å². The minimum Gasteiger partial charge on any atom is -0.482 e. The molecule has 142 valence electrons. The van der Waals surface area contributed by atoms with Crippen LogP contribution in [0.1, 0.15) is 35.6 Å². The molecule has 2 aromatic rings. The molecule has 0 heterocycles. The van der Waals surface area contributed by atoms with Crippen LogP contribution in [0.15, 0.2) is 36.4 Å². The summed E-state index contributed by atoms with van der Waals surface area (Å²) < 4.78 is 10.7. The molecule has 0 spiro atoms. The fourth-order valence-corrected chi connectivity index (χ4v) is 3.17. The highest BCUT2D eigenvalue weighted by molar-refractivity contribution is 5.95. The molecule has 3 rings (SSSR count). The molecule has 1 N–H and O–H groups in total. The molecule has 2 aromatic carbocycles. The van der Waals surface area contributed by atoms with Gasteiger partial charge in [0.2, 0.25) is 0 Å². The molecule has 27 heavy (non-hydrogen) atoms. The van der Waals surface area contributed by atoms with Crippen molar-refractivity contribution in [3.63, 3.8) is 0 Å². The van der Waals surface area contributed by atoms with Crippen LogP contribution in [0.5, 0.6) is 5.75 Å². The minimum atomic E-state index is -0.902. The minimum absolute atomic E-state index is 0.222. The number of fused-ring (bicyclic) bond motifs is 1. The summed E-state index contributed by atoms with van der Waals surface area (Å²) in [5, 5.41) is 2.80. The van der Waals surface area contributed by atoms with Crippen molar-refractivity contribution in [2.24, 2.45) is 0 Å². The SMILES string of the molecule is Cc1ccc(C)c(NC(=O)[C@H](C)OC(=O)COc2ccc3c(c2)CCC3)c1. The number of carbonyl (C=O) groups is 2. The number of rotatable bonds is 6. The predicted octanol–water partition coefficient (Wildman–Crippen LogP) is 3.74. The highest BCUT2D eigenvalue weighted by Gasteiger charge is 2.19. The fourth-order valence-electron chi connectivity index (χ4n) is 3.17. The second-order valence-electron chi connectivity index (χ2n) is 7.01. The molecule has 1 aliphatic rings. The van der Waals surface area contributed by atoms with Gasteiger partial charge in [-0.3, -0.25) is 4.79 Å². The number of anilines is 1. The lowest BCUT2D eigenvalue weighted by Gasteiger charge is -2.15. The van der Waals surface area contributed by atoms with Crippen LogP contribution >= 0.6 is 0 Å². The third-order valence-corrected chi connectivity index (χ3v) is 4.76. The van der Waals surface area contributed by atoms with E-state index in [4.69, 9.17) is 9.47 Å². The zero-order valence-corrected chi connectivity index (χ0v) is 16.0. The standard InChI is InChI=1S/C22H25NO4/c1-14-7-8-15(2)20(11-14)23-22(25)16(3)27-21(24)13-26-19-10-9-17-5-4-6-18(17)12-19/h7-12,16H,4-6,13H2,1-3H3,(H,23,25)/t16-/m0/s1. The highest BCUT2D eigenvalue weighted by Crippen LogP contribution is 2.26. The molecule has 0 saturated heterocycles. The first-order chi connectivity index (χ1) is 12.9. The van der Waals surface area contributed by atoms with Crippen LogP contribution in [0, 0.1) is 13.8 Å². The van der Waals surface area contributed by atoms with Crippen LogP contribution in [0.4, 0.5) is 5.69 Å². The first kappa shape index (κ1) is 19.0. The summed E-state index contributed by atoms with van der Waals surface area (Å²) in [6, 6.07) is 11.7. The predicted molar refractivity (Wildman–Crippen MR) is 104 cm³/mol. The van der Waals surface area contributed by atoms with Gasteiger partial charge in [-0.25, -0.2) is 4.79 Å². The van der Waals surface area contributed by atoms with E-state index >= 15 is 0 Å². The largest absolute Gasteiger partial charge is 0.482 e. The summed E-state index contributed by atoms with van der Waals surface area (Å²) in [6.45, 7) is 5.19. The Morgan fingerprint density at radius 1 is 1.07 bits per heavy atom. The average molecular weight is 367 g/mol. The van der Waals surface area contributed by atoms with Gasteiger partial charge in [0, 0.05) is 5.69 Å². The van der Waals surface area contributed by atoms with E-state index in [9.17, 15) is 9.59 Å². The smallest absolute Gasteiger partial charge is 0.344 e. The van der Waals surface area contributed by atoms with Gasteiger partial charge in [-0.05, 0) is 80.5 Å². The first-order valence-electron chi connectivity index (χ1n) is 9.24. The number of nitrogens with one attached hydrogen (secondary N) is 1. The quantitative estimate of drug-likeness (QED) is 0.790. The number of amides is 1. The van der Waals surface area contributed by atoms with Crippen molar-refractivity contribution < 1.29 is 19.1 Å². The van der Waals surface area contributed by atoms with Crippen LogP contribution in [0.2, 0.25) is 0 Å². The van der Waals surface area contributed by atoms with E-state index in [-0.39, 0.29) is 12.5 Å². The number of esters is 1. The van der Waals surface area contributed by atoms with Crippen molar-refractivity contribution in [1.29, 1.82) is 0 Å². The number of benzene rings is 2. The maximum atomic E-state index is 12.3. The molecule has 0 aliphatic heterocycles. The molecule has 1 amide bonds. The van der Waals surface area contributed by atoms with Crippen molar-refractivity contribution in [3.05, 3.63) is 58.7 Å². The molecule has 5 heteroatoms. The van der Waals surface area contributed by atoms with Gasteiger partial charge in [-0.1, -0.05) is 18.2 Å². The Morgan fingerprint density at radius 2 is 1.85 bits per heavy atom. The number of aryl methyl sites for hydroxylation is 4. The Bertz CT molecular complexity index is 859. The molecule has 0 saturated carbocycles. The van der Waals surface area contributed by atoms with Gasteiger partial charge in [0.05, 0.1) is 0 Å². The van der Waals surface area contributed by atoms with E-state index in [0.717, 1.165) is 36.1 Å². The van der Waals surface area contributed by atoms with Crippen LogP contribution in [0.25, 0.3) is 0 Å². The third kappa shape index (κ3) is 4.88. The summed E-state index contributed by atoms with van der Waals surface area (Å²) in [6.07, 6.45) is 2.41. The fraction of sp³-hybridized carbons (Fsp3) is 0.364. The molecule has 5 nitrogen and oxygen atoms in total. The lowest BCUT2D eigenvalue weighted by molar-refractivity contribution is -0.155. The van der Waals surface area contributed by atoms with Gasteiger partial charge in [0.15, 0.2) is 12.7 Å². The summed E-state index contributed by atoms with van der Waals surface area (Å²) >= 11 is 0.